The second-order valence-electron chi connectivity index (χ2n) is 8.61. The standard InChI is InChI=1S/C26H30N2O6/c1-27(25(29)14-18-5-4-8-24-22(18)10-12-33-24)23(16-28-11-9-21(15-28)32-2)19-6-3-7-20(13-19)34-17-26(30)31/h3-8,10,12-13,21,23H,9,11,14-17H2,1-2H3,(H,30,31)/t21-,23-/m1/s1. The zero-order valence-electron chi connectivity index (χ0n) is 19.5. The van der Waals surface area contributed by atoms with Crippen LogP contribution in [0.3, 0.4) is 0 Å². The van der Waals surface area contributed by atoms with Crippen molar-refractivity contribution in [1.29, 1.82) is 0 Å². The van der Waals surface area contributed by atoms with Crippen LogP contribution >= 0.6 is 0 Å². The number of carbonyl (C=O) groups excluding carboxylic acids is 1. The lowest BCUT2D eigenvalue weighted by molar-refractivity contribution is -0.139. The van der Waals surface area contributed by atoms with E-state index in [0.29, 0.717) is 12.3 Å². The SMILES string of the molecule is CO[C@@H]1CCN(C[C@H](c2cccc(OCC(=O)O)c2)N(C)C(=O)Cc2cccc3occc23)C1. The smallest absolute Gasteiger partial charge is 0.341 e. The summed E-state index contributed by atoms with van der Waals surface area (Å²) in [6.45, 7) is 1.92. The van der Waals surface area contributed by atoms with Crippen molar-refractivity contribution in [3.63, 3.8) is 0 Å². The molecule has 0 aliphatic carbocycles. The van der Waals surface area contributed by atoms with Crippen molar-refractivity contribution in [2.24, 2.45) is 0 Å². The average molecular weight is 467 g/mol. The first-order chi connectivity index (χ1) is 16.4. The minimum absolute atomic E-state index is 0.0157. The maximum absolute atomic E-state index is 13.4. The predicted molar refractivity (Wildman–Crippen MR) is 127 cm³/mol. The Morgan fingerprint density at radius 3 is 2.82 bits per heavy atom. The van der Waals surface area contributed by atoms with Gasteiger partial charge >= 0.3 is 5.97 Å². The summed E-state index contributed by atoms with van der Waals surface area (Å²) in [4.78, 5) is 28.4. The Morgan fingerprint density at radius 1 is 1.24 bits per heavy atom. The van der Waals surface area contributed by atoms with E-state index in [1.165, 1.54) is 0 Å². The molecule has 1 saturated heterocycles. The number of hydrogen-bond donors (Lipinski definition) is 1. The Bertz CT molecular complexity index is 1140. The molecule has 4 rings (SSSR count). The molecule has 180 valence electrons. The molecule has 0 bridgehead atoms. The maximum atomic E-state index is 13.4. The zero-order valence-corrected chi connectivity index (χ0v) is 19.5. The predicted octanol–water partition coefficient (Wildman–Crippen LogP) is 3.36. The molecule has 1 fully saturated rings. The molecule has 8 heteroatoms. The molecule has 2 heterocycles. The van der Waals surface area contributed by atoms with Crippen LogP contribution in [0.25, 0.3) is 11.0 Å². The normalized spacial score (nSPS) is 17.1. The summed E-state index contributed by atoms with van der Waals surface area (Å²) in [6, 6.07) is 14.7. The minimum Gasteiger partial charge on any atom is -0.482 e. The van der Waals surface area contributed by atoms with Crippen LogP contribution in [0.2, 0.25) is 0 Å². The maximum Gasteiger partial charge on any atom is 0.341 e. The quantitative estimate of drug-likeness (QED) is 0.490. The number of benzene rings is 2. The first-order valence-corrected chi connectivity index (χ1v) is 11.3. The van der Waals surface area contributed by atoms with Gasteiger partial charge in [0.05, 0.1) is 24.8 Å². The molecule has 0 spiro atoms. The van der Waals surface area contributed by atoms with E-state index in [1.54, 1.807) is 24.3 Å². The van der Waals surface area contributed by atoms with Crippen molar-refractivity contribution in [3.8, 4) is 5.75 Å². The Labute approximate surface area is 198 Å². The van der Waals surface area contributed by atoms with Crippen molar-refractivity contribution in [1.82, 2.24) is 9.80 Å². The fourth-order valence-corrected chi connectivity index (χ4v) is 4.48. The van der Waals surface area contributed by atoms with Gasteiger partial charge in [-0.2, -0.15) is 0 Å². The Kier molecular flexibility index (Phi) is 7.49. The number of fused-ring (bicyclic) bond motifs is 1. The molecule has 1 aliphatic heterocycles. The minimum atomic E-state index is -1.04. The largest absolute Gasteiger partial charge is 0.482 e. The number of rotatable bonds is 10. The third-order valence-corrected chi connectivity index (χ3v) is 6.39. The van der Waals surface area contributed by atoms with Crippen LogP contribution in [0.4, 0.5) is 0 Å². The first-order valence-electron chi connectivity index (χ1n) is 11.3. The molecular formula is C26H30N2O6. The Balaban J connectivity index is 1.56. The van der Waals surface area contributed by atoms with Crippen LogP contribution in [0.1, 0.15) is 23.6 Å². The number of carboxylic acids is 1. The summed E-state index contributed by atoms with van der Waals surface area (Å²) >= 11 is 0. The zero-order chi connectivity index (χ0) is 24.1. The van der Waals surface area contributed by atoms with Gasteiger partial charge in [0.15, 0.2) is 6.61 Å². The number of carboxylic acid groups (broad SMARTS) is 1. The second kappa shape index (κ2) is 10.7. The fourth-order valence-electron chi connectivity index (χ4n) is 4.48. The van der Waals surface area contributed by atoms with E-state index in [9.17, 15) is 9.59 Å². The Morgan fingerprint density at radius 2 is 2.06 bits per heavy atom. The molecule has 3 aromatic rings. The highest BCUT2D eigenvalue weighted by Crippen LogP contribution is 2.28. The molecule has 0 saturated carbocycles. The van der Waals surface area contributed by atoms with Gasteiger partial charge < -0.3 is 23.9 Å². The molecule has 1 amide bonds. The van der Waals surface area contributed by atoms with E-state index in [1.807, 2.05) is 49.5 Å². The Hall–Kier alpha value is -3.36. The number of carbonyl (C=O) groups is 2. The lowest BCUT2D eigenvalue weighted by Gasteiger charge is -2.32. The summed E-state index contributed by atoms with van der Waals surface area (Å²) < 4.78 is 16.4. The topological polar surface area (TPSA) is 92.5 Å². The van der Waals surface area contributed by atoms with Crippen LogP contribution in [-0.2, 0) is 20.7 Å². The monoisotopic (exact) mass is 466 g/mol. The number of furan rings is 1. The van der Waals surface area contributed by atoms with E-state index in [4.69, 9.17) is 19.0 Å². The number of aliphatic carboxylic acids is 1. The van der Waals surface area contributed by atoms with Gasteiger partial charge in [-0.25, -0.2) is 4.79 Å². The van der Waals surface area contributed by atoms with E-state index in [0.717, 1.165) is 41.6 Å². The van der Waals surface area contributed by atoms with Gasteiger partial charge in [0, 0.05) is 39.2 Å². The molecule has 1 aromatic heterocycles. The third kappa shape index (κ3) is 5.58. The van der Waals surface area contributed by atoms with Gasteiger partial charge in [-0.1, -0.05) is 24.3 Å². The third-order valence-electron chi connectivity index (χ3n) is 6.39. The lowest BCUT2D eigenvalue weighted by Crippen LogP contribution is -2.39. The first kappa shape index (κ1) is 23.8. The summed E-state index contributed by atoms with van der Waals surface area (Å²) in [5, 5.41) is 9.89. The highest BCUT2D eigenvalue weighted by molar-refractivity contribution is 5.87. The van der Waals surface area contributed by atoms with Gasteiger partial charge in [-0.05, 0) is 41.8 Å². The van der Waals surface area contributed by atoms with Crippen LogP contribution in [-0.4, -0.2) is 73.3 Å². The van der Waals surface area contributed by atoms with Crippen LogP contribution in [0, 0.1) is 0 Å². The van der Waals surface area contributed by atoms with E-state index in [-0.39, 0.29) is 24.5 Å². The van der Waals surface area contributed by atoms with Gasteiger partial charge in [0.2, 0.25) is 5.91 Å². The number of likely N-dealkylation sites (N-methyl/N-ethyl adjacent to an activating group) is 1. The fraction of sp³-hybridized carbons (Fsp3) is 0.385. The van der Waals surface area contributed by atoms with Crippen LogP contribution in [0.5, 0.6) is 5.75 Å². The molecule has 0 radical (unpaired) electrons. The molecular weight excluding hydrogens is 436 g/mol. The van der Waals surface area contributed by atoms with Crippen LogP contribution in [0.15, 0.2) is 59.2 Å². The number of likely N-dealkylation sites (tertiary alicyclic amines) is 1. The number of hydrogen-bond acceptors (Lipinski definition) is 6. The van der Waals surface area contributed by atoms with Crippen molar-refractivity contribution < 1.29 is 28.6 Å². The highest BCUT2D eigenvalue weighted by Gasteiger charge is 2.29. The number of ether oxygens (including phenoxy) is 2. The van der Waals surface area contributed by atoms with Crippen molar-refractivity contribution in [2.45, 2.75) is 25.0 Å². The molecule has 8 nitrogen and oxygen atoms in total. The van der Waals surface area contributed by atoms with Crippen molar-refractivity contribution >= 4 is 22.8 Å². The highest BCUT2D eigenvalue weighted by atomic mass is 16.5. The average Bonchev–Trinajstić information content (AvgIpc) is 3.51. The van der Waals surface area contributed by atoms with Gasteiger partial charge in [0.25, 0.3) is 0 Å². The molecule has 2 aromatic carbocycles. The van der Waals surface area contributed by atoms with Crippen molar-refractivity contribution in [3.05, 3.63) is 65.9 Å². The summed E-state index contributed by atoms with van der Waals surface area (Å²) in [7, 11) is 3.54. The molecule has 34 heavy (non-hydrogen) atoms. The van der Waals surface area contributed by atoms with E-state index < -0.39 is 12.6 Å². The molecule has 0 unspecified atom stereocenters. The molecule has 1 N–H and O–H groups in total. The van der Waals surface area contributed by atoms with E-state index >= 15 is 0 Å². The molecule has 2 atom stereocenters. The van der Waals surface area contributed by atoms with Gasteiger partial charge in [0.1, 0.15) is 11.3 Å². The summed E-state index contributed by atoms with van der Waals surface area (Å²) in [6.07, 6.45) is 3.02. The van der Waals surface area contributed by atoms with Gasteiger partial charge in [-0.15, -0.1) is 0 Å². The molecule has 1 aliphatic rings. The number of nitrogens with zero attached hydrogens (tertiary/aromatic N) is 2. The van der Waals surface area contributed by atoms with Crippen LogP contribution < -0.4 is 4.74 Å². The van der Waals surface area contributed by atoms with E-state index in [2.05, 4.69) is 4.90 Å². The second-order valence-corrected chi connectivity index (χ2v) is 8.61. The summed E-state index contributed by atoms with van der Waals surface area (Å²) in [5.74, 6) is -0.589. The van der Waals surface area contributed by atoms with Crippen molar-refractivity contribution in [2.75, 3.05) is 40.4 Å². The van der Waals surface area contributed by atoms with Gasteiger partial charge in [-0.3, -0.25) is 9.69 Å². The summed E-state index contributed by atoms with van der Waals surface area (Å²) in [5.41, 5.74) is 2.57. The lowest BCUT2D eigenvalue weighted by atomic mass is 10.0. The number of methoxy groups -OCH3 is 1. The number of amides is 1.